The van der Waals surface area contributed by atoms with Gasteiger partial charge in [0, 0.05) is 0 Å². The highest BCUT2D eigenvalue weighted by Crippen LogP contribution is 2.11. The van der Waals surface area contributed by atoms with Crippen molar-refractivity contribution >= 4 is 9.53 Å². The molecule has 0 aliphatic rings. The molecule has 0 rings (SSSR count). The first kappa shape index (κ1) is 13.8. The predicted molar refractivity (Wildman–Crippen MR) is 64.1 cm³/mol. The van der Waals surface area contributed by atoms with E-state index in [2.05, 4.69) is 13.2 Å². The molecule has 0 radical (unpaired) electrons. The van der Waals surface area contributed by atoms with Gasteiger partial charge in [-0.25, -0.2) is 0 Å². The van der Waals surface area contributed by atoms with Crippen molar-refractivity contribution in [3.8, 4) is 0 Å². The first-order chi connectivity index (χ1) is 6.82. The van der Waals surface area contributed by atoms with Crippen LogP contribution >= 0.6 is 0 Å². The van der Waals surface area contributed by atoms with Gasteiger partial charge >= 0.3 is 9.53 Å². The van der Waals surface area contributed by atoms with E-state index in [0.717, 1.165) is 11.3 Å². The summed E-state index contributed by atoms with van der Waals surface area (Å²) in [6.45, 7) is 16.7. The maximum Gasteiger partial charge on any atom is 0.682 e. The molecule has 0 saturated carbocycles. The van der Waals surface area contributed by atoms with E-state index in [9.17, 15) is 0 Å². The summed E-state index contributed by atoms with van der Waals surface area (Å²) in [5.74, 6) is 2.01. The lowest BCUT2D eigenvalue weighted by Crippen LogP contribution is -2.25. The molecule has 0 bridgehead atoms. The van der Waals surface area contributed by atoms with Crippen LogP contribution in [0, 0.1) is 0 Å². The zero-order valence-corrected chi connectivity index (χ0v) is 11.4. The van der Waals surface area contributed by atoms with Crippen molar-refractivity contribution in [2.75, 3.05) is 0 Å². The van der Waals surface area contributed by atoms with Crippen LogP contribution in [-0.4, -0.2) is 9.53 Å². The van der Waals surface area contributed by atoms with Gasteiger partial charge in [0.05, 0.1) is 17.3 Å². The molecule has 0 saturated heterocycles. The highest BCUT2D eigenvalue weighted by molar-refractivity contribution is 6.37. The Morgan fingerprint density at radius 1 is 0.800 bits per heavy atom. The molecule has 0 aliphatic carbocycles. The minimum Gasteiger partial charge on any atom is -0.490 e. The Labute approximate surface area is 94.0 Å². The van der Waals surface area contributed by atoms with Crippen molar-refractivity contribution in [2.24, 2.45) is 0 Å². The molecule has 0 aromatic carbocycles. The van der Waals surface area contributed by atoms with Gasteiger partial charge in [-0.1, -0.05) is 13.2 Å². The summed E-state index contributed by atoms with van der Waals surface area (Å²) in [5.41, 5.74) is 1.10. The Balaban J connectivity index is 4.43. The molecular weight excluding hydrogens is 208 g/mol. The third-order valence-electron chi connectivity index (χ3n) is 1.57. The van der Waals surface area contributed by atoms with Gasteiger partial charge in [0.25, 0.3) is 0 Å². The van der Waals surface area contributed by atoms with Crippen LogP contribution < -0.4 is 0 Å². The summed E-state index contributed by atoms with van der Waals surface area (Å²) < 4.78 is 16.4. The fraction of sp³-hybridized carbons (Fsp3) is 0.455. The molecule has 0 amide bonds. The molecule has 3 nitrogen and oxygen atoms in total. The van der Waals surface area contributed by atoms with Crippen molar-refractivity contribution < 1.29 is 13.3 Å². The zero-order valence-electron chi connectivity index (χ0n) is 10.2. The third kappa shape index (κ3) is 6.85. The van der Waals surface area contributed by atoms with Gasteiger partial charge in [-0.2, -0.15) is 0 Å². The predicted octanol–water partition coefficient (Wildman–Crippen LogP) is 3.13. The van der Waals surface area contributed by atoms with Gasteiger partial charge in [-0.05, 0) is 40.2 Å². The standard InChI is InChI=1S/C11H20O3Si/c1-8(2)11(7)14-15(12-9(3)4)13-10(5)6/h15H,3,5H2,1-2,4,6-7H3. The largest absolute Gasteiger partial charge is 0.682 e. The van der Waals surface area contributed by atoms with E-state index in [4.69, 9.17) is 13.3 Å². The van der Waals surface area contributed by atoms with Crippen molar-refractivity contribution in [1.82, 2.24) is 0 Å². The number of allylic oxidation sites excluding steroid dienone is 4. The maximum atomic E-state index is 5.59. The molecule has 0 fully saturated rings. The minimum atomic E-state index is -2.22. The minimum absolute atomic E-state index is 0.592. The molecule has 0 aromatic rings. The van der Waals surface area contributed by atoms with Crippen LogP contribution in [0.1, 0.15) is 34.6 Å². The van der Waals surface area contributed by atoms with Crippen molar-refractivity contribution in [3.63, 3.8) is 0 Å². The molecule has 0 heterocycles. The molecule has 0 aliphatic heterocycles. The lowest BCUT2D eigenvalue weighted by Gasteiger charge is -2.19. The highest BCUT2D eigenvalue weighted by atomic mass is 28.3. The van der Waals surface area contributed by atoms with Gasteiger partial charge in [-0.3, -0.25) is 0 Å². The van der Waals surface area contributed by atoms with E-state index in [1.807, 2.05) is 20.8 Å². The summed E-state index contributed by atoms with van der Waals surface area (Å²) in [7, 11) is -2.22. The summed E-state index contributed by atoms with van der Waals surface area (Å²) in [4.78, 5) is 0. The first-order valence-corrected chi connectivity index (χ1v) is 6.19. The van der Waals surface area contributed by atoms with Crippen LogP contribution in [0.25, 0.3) is 0 Å². The molecule has 4 heteroatoms. The summed E-state index contributed by atoms with van der Waals surface area (Å²) in [6, 6.07) is 0. The molecular formula is C11H20O3Si. The molecule has 0 atom stereocenters. The Morgan fingerprint density at radius 3 is 1.47 bits per heavy atom. The van der Waals surface area contributed by atoms with E-state index in [1.54, 1.807) is 13.8 Å². The third-order valence-corrected chi connectivity index (χ3v) is 3.31. The lowest BCUT2D eigenvalue weighted by molar-refractivity contribution is 0.183. The summed E-state index contributed by atoms with van der Waals surface area (Å²) >= 11 is 0. The van der Waals surface area contributed by atoms with Gasteiger partial charge in [0.1, 0.15) is 0 Å². The molecule has 0 unspecified atom stereocenters. The monoisotopic (exact) mass is 228 g/mol. The van der Waals surface area contributed by atoms with E-state index < -0.39 is 9.53 Å². The quantitative estimate of drug-likeness (QED) is 0.516. The van der Waals surface area contributed by atoms with Crippen LogP contribution in [0.3, 0.4) is 0 Å². The van der Waals surface area contributed by atoms with E-state index in [-0.39, 0.29) is 0 Å². The maximum absolute atomic E-state index is 5.59. The smallest absolute Gasteiger partial charge is 0.490 e. The van der Waals surface area contributed by atoms with Gasteiger partial charge in [0.2, 0.25) is 0 Å². The normalized spacial score (nSPS) is 9.47. The van der Waals surface area contributed by atoms with Crippen LogP contribution in [0.2, 0.25) is 0 Å². The van der Waals surface area contributed by atoms with Crippen LogP contribution in [0.15, 0.2) is 36.0 Å². The Morgan fingerprint density at radius 2 is 1.20 bits per heavy atom. The first-order valence-electron chi connectivity index (χ1n) is 4.78. The van der Waals surface area contributed by atoms with E-state index in [1.165, 1.54) is 0 Å². The Hall–Kier alpha value is -1.16. The van der Waals surface area contributed by atoms with Crippen molar-refractivity contribution in [2.45, 2.75) is 34.6 Å². The van der Waals surface area contributed by atoms with E-state index in [0.29, 0.717) is 11.5 Å². The van der Waals surface area contributed by atoms with Crippen LogP contribution in [0.4, 0.5) is 0 Å². The van der Waals surface area contributed by atoms with Crippen LogP contribution in [-0.2, 0) is 13.3 Å². The van der Waals surface area contributed by atoms with Gasteiger partial charge in [0.15, 0.2) is 0 Å². The molecule has 0 aromatic heterocycles. The number of hydrogen-bond acceptors (Lipinski definition) is 3. The summed E-state index contributed by atoms with van der Waals surface area (Å²) in [6.07, 6.45) is 0. The SMILES string of the molecule is C=C(C)O[SiH](OC(=C)C)OC(C)=C(C)C. The Bertz CT molecular complexity index is 262. The second-order valence-corrected chi connectivity index (χ2v) is 4.89. The second-order valence-electron chi connectivity index (χ2n) is 3.60. The zero-order chi connectivity index (χ0) is 12.0. The molecule has 0 spiro atoms. The summed E-state index contributed by atoms with van der Waals surface area (Å²) in [5, 5.41) is 0. The average Bonchev–Trinajstić information content (AvgIpc) is 2.00. The molecule has 0 N–H and O–H groups in total. The van der Waals surface area contributed by atoms with Gasteiger partial charge < -0.3 is 13.3 Å². The Kier molecular flexibility index (Phi) is 5.85. The number of hydrogen-bond donors (Lipinski definition) is 0. The topological polar surface area (TPSA) is 27.7 Å². The highest BCUT2D eigenvalue weighted by Gasteiger charge is 2.21. The van der Waals surface area contributed by atoms with E-state index >= 15 is 0 Å². The van der Waals surface area contributed by atoms with Crippen LogP contribution in [0.5, 0.6) is 0 Å². The molecule has 15 heavy (non-hydrogen) atoms. The van der Waals surface area contributed by atoms with Gasteiger partial charge in [-0.15, -0.1) is 0 Å². The second kappa shape index (κ2) is 6.34. The average molecular weight is 228 g/mol. The fourth-order valence-electron chi connectivity index (χ4n) is 0.663. The molecule has 86 valence electrons. The van der Waals surface area contributed by atoms with Crippen molar-refractivity contribution in [1.29, 1.82) is 0 Å². The number of rotatable bonds is 6. The van der Waals surface area contributed by atoms with Crippen molar-refractivity contribution in [3.05, 3.63) is 36.0 Å². The lowest BCUT2D eigenvalue weighted by atomic mass is 10.3. The fourth-order valence-corrected chi connectivity index (χ4v) is 1.99.